The van der Waals surface area contributed by atoms with Crippen molar-refractivity contribution >= 4 is 23.4 Å². The number of amides is 2. The van der Waals surface area contributed by atoms with E-state index in [0.29, 0.717) is 23.7 Å². The molecule has 1 aromatic rings. The zero-order chi connectivity index (χ0) is 14.4. The fourth-order valence-corrected chi connectivity index (χ4v) is 2.20. The molecule has 2 N–H and O–H groups in total. The largest absolute Gasteiger partial charge is 0.484 e. The van der Waals surface area contributed by atoms with E-state index in [1.165, 1.54) is 0 Å². The normalized spacial score (nSPS) is 18.9. The summed E-state index contributed by atoms with van der Waals surface area (Å²) in [5, 5.41) is 6.00. The van der Waals surface area contributed by atoms with E-state index < -0.39 is 6.04 Å². The average molecular weight is 297 g/mol. The van der Waals surface area contributed by atoms with E-state index in [4.69, 9.17) is 16.3 Å². The highest BCUT2D eigenvalue weighted by Crippen LogP contribution is 2.16. The Kier molecular flexibility index (Phi) is 5.24. The molecule has 2 rings (SSSR count). The molecule has 20 heavy (non-hydrogen) atoms. The van der Waals surface area contributed by atoms with Gasteiger partial charge in [0.25, 0.3) is 5.91 Å². The number of ether oxygens (including phenoxy) is 1. The van der Waals surface area contributed by atoms with Crippen molar-refractivity contribution in [2.24, 2.45) is 0 Å². The molecule has 1 fully saturated rings. The lowest BCUT2D eigenvalue weighted by Crippen LogP contribution is -2.46. The van der Waals surface area contributed by atoms with Crippen LogP contribution >= 0.6 is 11.6 Å². The van der Waals surface area contributed by atoms with Gasteiger partial charge >= 0.3 is 0 Å². The van der Waals surface area contributed by atoms with Crippen LogP contribution in [0.2, 0.25) is 5.02 Å². The van der Waals surface area contributed by atoms with Crippen molar-refractivity contribution in [2.45, 2.75) is 25.3 Å². The summed E-state index contributed by atoms with van der Waals surface area (Å²) < 4.78 is 5.33. The quantitative estimate of drug-likeness (QED) is 0.885. The second-order valence-corrected chi connectivity index (χ2v) is 5.09. The third kappa shape index (κ3) is 4.42. The third-order valence-corrected chi connectivity index (χ3v) is 3.27. The van der Waals surface area contributed by atoms with Gasteiger partial charge in [0, 0.05) is 11.6 Å². The van der Waals surface area contributed by atoms with Gasteiger partial charge in [0.15, 0.2) is 6.61 Å². The predicted molar refractivity (Wildman–Crippen MR) is 75.7 cm³/mol. The van der Waals surface area contributed by atoms with Crippen molar-refractivity contribution in [3.8, 4) is 5.75 Å². The van der Waals surface area contributed by atoms with Crippen LogP contribution in [0.1, 0.15) is 19.3 Å². The van der Waals surface area contributed by atoms with Crippen LogP contribution in [0.25, 0.3) is 0 Å². The Morgan fingerprint density at radius 1 is 1.45 bits per heavy atom. The summed E-state index contributed by atoms with van der Waals surface area (Å²) in [6.45, 7) is 0.536. The van der Waals surface area contributed by atoms with Gasteiger partial charge in [-0.05, 0) is 37.5 Å². The summed E-state index contributed by atoms with van der Waals surface area (Å²) in [4.78, 5) is 23.5. The van der Waals surface area contributed by atoms with E-state index in [0.717, 1.165) is 12.8 Å². The molecule has 1 atom stereocenters. The molecule has 5 nitrogen and oxygen atoms in total. The first-order valence-corrected chi connectivity index (χ1v) is 6.98. The lowest BCUT2D eigenvalue weighted by molar-refractivity contribution is -0.129. The first-order valence-electron chi connectivity index (χ1n) is 6.60. The van der Waals surface area contributed by atoms with Crippen molar-refractivity contribution in [3.63, 3.8) is 0 Å². The number of halogens is 1. The van der Waals surface area contributed by atoms with E-state index >= 15 is 0 Å². The zero-order valence-electron chi connectivity index (χ0n) is 11.0. The molecule has 1 aliphatic rings. The molecule has 0 spiro atoms. The van der Waals surface area contributed by atoms with Crippen molar-refractivity contribution in [1.82, 2.24) is 10.6 Å². The molecule has 1 aromatic carbocycles. The van der Waals surface area contributed by atoms with Crippen LogP contribution in [0.15, 0.2) is 24.3 Å². The Hall–Kier alpha value is -1.75. The Morgan fingerprint density at radius 2 is 2.30 bits per heavy atom. The number of hydrogen-bond donors (Lipinski definition) is 2. The summed E-state index contributed by atoms with van der Waals surface area (Å²) in [6.07, 6.45) is 2.52. The molecular formula is C14H17ClN2O3. The summed E-state index contributed by atoms with van der Waals surface area (Å²) in [5.41, 5.74) is 0. The van der Waals surface area contributed by atoms with Crippen molar-refractivity contribution in [2.75, 3.05) is 13.2 Å². The maximum Gasteiger partial charge on any atom is 0.258 e. The molecule has 0 aliphatic carbocycles. The lowest BCUT2D eigenvalue weighted by atomic mass is 10.1. The van der Waals surface area contributed by atoms with Crippen LogP contribution in [0, 0.1) is 0 Å². The van der Waals surface area contributed by atoms with Crippen molar-refractivity contribution < 1.29 is 14.3 Å². The maximum atomic E-state index is 11.8. The van der Waals surface area contributed by atoms with Crippen molar-refractivity contribution in [1.29, 1.82) is 0 Å². The average Bonchev–Trinajstić information content (AvgIpc) is 2.62. The van der Waals surface area contributed by atoms with Gasteiger partial charge in [0.05, 0.1) is 0 Å². The number of carbonyl (C=O) groups is 2. The molecule has 2 amide bonds. The summed E-state index contributed by atoms with van der Waals surface area (Å²) in [5.74, 6) is 0.0867. The van der Waals surface area contributed by atoms with Gasteiger partial charge in [-0.25, -0.2) is 0 Å². The maximum absolute atomic E-state index is 11.8. The Balaban J connectivity index is 1.81. The molecule has 1 saturated heterocycles. The minimum Gasteiger partial charge on any atom is -0.484 e. The molecule has 6 heteroatoms. The number of carbonyl (C=O) groups excluding carboxylic acids is 2. The molecule has 1 heterocycles. The minimum atomic E-state index is -0.465. The number of nitrogens with one attached hydrogen (secondary N) is 2. The molecule has 0 radical (unpaired) electrons. The standard InChI is InChI=1S/C14H17ClN2O3/c15-10-4-3-5-11(8-10)20-9-13(18)17-12-6-1-2-7-16-14(12)19/h3-5,8,12H,1-2,6-7,9H2,(H,16,19)(H,17,18). The minimum absolute atomic E-state index is 0.126. The Bertz CT molecular complexity index is 493. The van der Waals surface area contributed by atoms with Gasteiger partial charge in [-0.2, -0.15) is 0 Å². The third-order valence-electron chi connectivity index (χ3n) is 3.04. The SMILES string of the molecule is O=C(COc1cccc(Cl)c1)NC1CCCCNC1=O. The van der Waals surface area contributed by atoms with E-state index in [1.54, 1.807) is 24.3 Å². The topological polar surface area (TPSA) is 67.4 Å². The van der Waals surface area contributed by atoms with Crippen LogP contribution in [0.3, 0.4) is 0 Å². The summed E-state index contributed by atoms with van der Waals surface area (Å²) >= 11 is 5.82. The van der Waals surface area contributed by atoms with E-state index in [2.05, 4.69) is 10.6 Å². The Morgan fingerprint density at radius 3 is 3.10 bits per heavy atom. The molecule has 0 bridgehead atoms. The first-order chi connectivity index (χ1) is 9.65. The molecule has 108 valence electrons. The highest BCUT2D eigenvalue weighted by atomic mass is 35.5. The van der Waals surface area contributed by atoms with E-state index in [-0.39, 0.29) is 18.4 Å². The first kappa shape index (κ1) is 14.7. The van der Waals surface area contributed by atoms with Crippen molar-refractivity contribution in [3.05, 3.63) is 29.3 Å². The second kappa shape index (κ2) is 7.14. The molecule has 1 unspecified atom stereocenters. The lowest BCUT2D eigenvalue weighted by Gasteiger charge is -2.15. The Labute approximate surface area is 122 Å². The molecule has 0 saturated carbocycles. The second-order valence-electron chi connectivity index (χ2n) is 4.65. The van der Waals surface area contributed by atoms with Crippen LogP contribution in [0.5, 0.6) is 5.75 Å². The number of benzene rings is 1. The van der Waals surface area contributed by atoms with Crippen LogP contribution in [-0.4, -0.2) is 31.0 Å². The monoisotopic (exact) mass is 296 g/mol. The highest BCUT2D eigenvalue weighted by Gasteiger charge is 2.22. The van der Waals surface area contributed by atoms with E-state index in [9.17, 15) is 9.59 Å². The van der Waals surface area contributed by atoms with Gasteiger partial charge in [-0.1, -0.05) is 17.7 Å². The molecular weight excluding hydrogens is 280 g/mol. The summed E-state index contributed by atoms with van der Waals surface area (Å²) in [6, 6.07) is 6.36. The molecule has 0 aromatic heterocycles. The number of rotatable bonds is 4. The van der Waals surface area contributed by atoms with Crippen LogP contribution in [-0.2, 0) is 9.59 Å². The fourth-order valence-electron chi connectivity index (χ4n) is 2.02. The van der Waals surface area contributed by atoms with Gasteiger partial charge < -0.3 is 15.4 Å². The van der Waals surface area contributed by atoms with Gasteiger partial charge in [0.1, 0.15) is 11.8 Å². The zero-order valence-corrected chi connectivity index (χ0v) is 11.8. The van der Waals surface area contributed by atoms with E-state index in [1.807, 2.05) is 0 Å². The highest BCUT2D eigenvalue weighted by molar-refractivity contribution is 6.30. The van der Waals surface area contributed by atoms with Crippen LogP contribution < -0.4 is 15.4 Å². The predicted octanol–water partition coefficient (Wildman–Crippen LogP) is 1.50. The van der Waals surface area contributed by atoms with Gasteiger partial charge in [0.2, 0.25) is 5.91 Å². The fraction of sp³-hybridized carbons (Fsp3) is 0.429. The summed E-state index contributed by atoms with van der Waals surface area (Å²) in [7, 11) is 0. The number of hydrogen-bond acceptors (Lipinski definition) is 3. The molecule has 1 aliphatic heterocycles. The van der Waals surface area contributed by atoms with Gasteiger partial charge in [-0.15, -0.1) is 0 Å². The van der Waals surface area contributed by atoms with Gasteiger partial charge in [-0.3, -0.25) is 9.59 Å². The smallest absolute Gasteiger partial charge is 0.258 e. The van der Waals surface area contributed by atoms with Crippen LogP contribution in [0.4, 0.5) is 0 Å².